The summed E-state index contributed by atoms with van der Waals surface area (Å²) in [7, 11) is 3.08. The van der Waals surface area contributed by atoms with Crippen LogP contribution in [0.15, 0.2) is 48.5 Å². The summed E-state index contributed by atoms with van der Waals surface area (Å²) in [5.41, 5.74) is 2.80. The number of thiazole rings is 1. The van der Waals surface area contributed by atoms with Crippen LogP contribution in [0.2, 0.25) is 0 Å². The van der Waals surface area contributed by atoms with Crippen molar-refractivity contribution in [1.29, 1.82) is 0 Å². The zero-order valence-corrected chi connectivity index (χ0v) is 17.3. The predicted molar refractivity (Wildman–Crippen MR) is 114 cm³/mol. The van der Waals surface area contributed by atoms with Crippen molar-refractivity contribution < 1.29 is 14.3 Å². The van der Waals surface area contributed by atoms with E-state index in [0.717, 1.165) is 31.7 Å². The summed E-state index contributed by atoms with van der Waals surface area (Å²) in [5, 5.41) is 3.54. The number of nitrogens with one attached hydrogen (secondary N) is 1. The molecule has 1 aromatic heterocycles. The van der Waals surface area contributed by atoms with Crippen LogP contribution in [0.3, 0.4) is 0 Å². The van der Waals surface area contributed by atoms with Gasteiger partial charge in [-0.25, -0.2) is 4.98 Å². The molecule has 1 aliphatic rings. The first-order valence-corrected chi connectivity index (χ1v) is 10.3. The van der Waals surface area contributed by atoms with Gasteiger partial charge in [0.25, 0.3) is 5.91 Å². The number of aromatic nitrogens is 1. The fourth-order valence-electron chi connectivity index (χ4n) is 3.51. The lowest BCUT2D eigenvalue weighted by Crippen LogP contribution is -2.29. The van der Waals surface area contributed by atoms with Crippen LogP contribution in [0.4, 0.5) is 5.13 Å². The number of fused-ring (bicyclic) bond motifs is 1. The molecule has 29 heavy (non-hydrogen) atoms. The molecule has 4 rings (SSSR count). The molecular formula is C22H23N3O3S. The Morgan fingerprint density at radius 2 is 1.97 bits per heavy atom. The molecule has 0 atom stereocenters. The molecule has 0 fully saturated rings. The predicted octanol–water partition coefficient (Wildman–Crippen LogP) is 3.97. The SMILES string of the molecule is COc1cccc(C(=O)Nc2nc3c(s2)CN(Cc2ccccc2)CC3)c1OC. The van der Waals surface area contributed by atoms with Gasteiger partial charge in [0.15, 0.2) is 16.6 Å². The smallest absolute Gasteiger partial charge is 0.261 e. The molecule has 0 aliphatic carbocycles. The van der Waals surface area contributed by atoms with Crippen LogP contribution in [0.5, 0.6) is 11.5 Å². The maximum atomic E-state index is 12.8. The zero-order valence-electron chi connectivity index (χ0n) is 16.5. The number of amides is 1. The second-order valence-corrected chi connectivity index (χ2v) is 7.91. The second-order valence-electron chi connectivity index (χ2n) is 6.83. The molecule has 0 unspecified atom stereocenters. The van der Waals surface area contributed by atoms with Gasteiger partial charge >= 0.3 is 0 Å². The quantitative estimate of drug-likeness (QED) is 0.667. The second kappa shape index (κ2) is 8.63. The number of methoxy groups -OCH3 is 2. The highest BCUT2D eigenvalue weighted by molar-refractivity contribution is 7.15. The minimum absolute atomic E-state index is 0.256. The molecule has 7 heteroatoms. The number of hydrogen-bond donors (Lipinski definition) is 1. The Morgan fingerprint density at radius 1 is 1.14 bits per heavy atom. The van der Waals surface area contributed by atoms with Gasteiger partial charge in [-0.3, -0.25) is 15.0 Å². The van der Waals surface area contributed by atoms with Gasteiger partial charge in [-0.1, -0.05) is 36.4 Å². The van der Waals surface area contributed by atoms with Crippen LogP contribution in [0.1, 0.15) is 26.5 Å². The summed E-state index contributed by atoms with van der Waals surface area (Å²) >= 11 is 1.54. The van der Waals surface area contributed by atoms with E-state index < -0.39 is 0 Å². The lowest BCUT2D eigenvalue weighted by Gasteiger charge is -2.25. The highest BCUT2D eigenvalue weighted by atomic mass is 32.1. The summed E-state index contributed by atoms with van der Waals surface area (Å²) in [6, 6.07) is 15.7. The molecule has 0 saturated heterocycles. The fraction of sp³-hybridized carbons (Fsp3) is 0.273. The van der Waals surface area contributed by atoms with Crippen molar-refractivity contribution >= 4 is 22.4 Å². The number of anilines is 1. The van der Waals surface area contributed by atoms with Crippen molar-refractivity contribution in [2.75, 3.05) is 26.1 Å². The van der Waals surface area contributed by atoms with Crippen molar-refractivity contribution in [1.82, 2.24) is 9.88 Å². The van der Waals surface area contributed by atoms with E-state index in [0.29, 0.717) is 22.2 Å². The van der Waals surface area contributed by atoms with Crippen LogP contribution < -0.4 is 14.8 Å². The van der Waals surface area contributed by atoms with Crippen molar-refractivity contribution in [3.8, 4) is 11.5 Å². The molecule has 150 valence electrons. The first-order valence-electron chi connectivity index (χ1n) is 9.45. The van der Waals surface area contributed by atoms with E-state index in [-0.39, 0.29) is 5.91 Å². The number of ether oxygens (including phenoxy) is 2. The van der Waals surface area contributed by atoms with E-state index in [1.807, 2.05) is 6.07 Å². The van der Waals surface area contributed by atoms with Gasteiger partial charge in [-0.15, -0.1) is 11.3 Å². The Balaban J connectivity index is 1.47. The summed E-state index contributed by atoms with van der Waals surface area (Å²) in [4.78, 5) is 21.1. The number of nitrogens with zero attached hydrogens (tertiary/aromatic N) is 2. The molecule has 6 nitrogen and oxygen atoms in total. The van der Waals surface area contributed by atoms with Crippen molar-refractivity contribution in [3.05, 3.63) is 70.2 Å². The number of carbonyl (C=O) groups excluding carboxylic acids is 1. The van der Waals surface area contributed by atoms with Crippen LogP contribution in [0, 0.1) is 0 Å². The van der Waals surface area contributed by atoms with Gasteiger partial charge in [0.2, 0.25) is 0 Å². The van der Waals surface area contributed by atoms with Gasteiger partial charge in [0, 0.05) is 30.9 Å². The molecule has 1 N–H and O–H groups in total. The molecule has 1 aliphatic heterocycles. The van der Waals surface area contributed by atoms with E-state index in [1.165, 1.54) is 28.9 Å². The van der Waals surface area contributed by atoms with Crippen LogP contribution in [-0.4, -0.2) is 36.6 Å². The zero-order chi connectivity index (χ0) is 20.2. The highest BCUT2D eigenvalue weighted by Gasteiger charge is 2.23. The average Bonchev–Trinajstić information content (AvgIpc) is 3.15. The van der Waals surface area contributed by atoms with Gasteiger partial charge in [0.1, 0.15) is 0 Å². The van der Waals surface area contributed by atoms with E-state index in [9.17, 15) is 4.79 Å². The lowest BCUT2D eigenvalue weighted by atomic mass is 10.1. The maximum absolute atomic E-state index is 12.8. The Bertz CT molecular complexity index is 1000. The lowest BCUT2D eigenvalue weighted by molar-refractivity contribution is 0.102. The largest absolute Gasteiger partial charge is 0.493 e. The van der Waals surface area contributed by atoms with Crippen LogP contribution in [0.25, 0.3) is 0 Å². The Kier molecular flexibility index (Phi) is 5.78. The normalized spacial score (nSPS) is 13.6. The number of rotatable bonds is 6. The summed E-state index contributed by atoms with van der Waals surface area (Å²) < 4.78 is 10.6. The average molecular weight is 410 g/mol. The third-order valence-electron chi connectivity index (χ3n) is 4.93. The first kappa shape index (κ1) is 19.4. The Labute approximate surface area is 174 Å². The monoisotopic (exact) mass is 409 g/mol. The molecule has 0 radical (unpaired) electrons. The Hall–Kier alpha value is -2.90. The maximum Gasteiger partial charge on any atom is 0.261 e. The summed E-state index contributed by atoms with van der Waals surface area (Å²) in [6.07, 6.45) is 0.886. The third-order valence-corrected chi connectivity index (χ3v) is 5.93. The van der Waals surface area contributed by atoms with Gasteiger partial charge in [-0.2, -0.15) is 0 Å². The molecule has 0 bridgehead atoms. The third kappa shape index (κ3) is 4.26. The highest BCUT2D eigenvalue weighted by Crippen LogP contribution is 2.33. The fourth-order valence-corrected chi connectivity index (χ4v) is 4.55. The van der Waals surface area contributed by atoms with Crippen molar-refractivity contribution in [3.63, 3.8) is 0 Å². The standard InChI is InChI=1S/C22H23N3O3S/c1-27-18-10-6-9-16(20(18)28-2)21(26)24-22-23-17-11-12-25(14-19(17)29-22)13-15-7-4-3-5-8-15/h3-10H,11-14H2,1-2H3,(H,23,24,26). The first-order chi connectivity index (χ1) is 14.2. The van der Waals surface area contributed by atoms with Crippen LogP contribution >= 0.6 is 11.3 Å². The molecule has 2 heterocycles. The number of para-hydroxylation sites is 1. The molecule has 3 aromatic rings. The van der Waals surface area contributed by atoms with Gasteiger partial charge < -0.3 is 9.47 Å². The van der Waals surface area contributed by atoms with E-state index in [4.69, 9.17) is 9.47 Å². The Morgan fingerprint density at radius 3 is 2.72 bits per heavy atom. The molecule has 1 amide bonds. The summed E-state index contributed by atoms with van der Waals surface area (Å²) in [6.45, 7) is 2.73. The molecular weight excluding hydrogens is 386 g/mol. The number of hydrogen-bond acceptors (Lipinski definition) is 6. The minimum atomic E-state index is -0.256. The van der Waals surface area contributed by atoms with E-state index in [2.05, 4.69) is 39.5 Å². The van der Waals surface area contributed by atoms with Crippen molar-refractivity contribution in [2.45, 2.75) is 19.5 Å². The number of carbonyl (C=O) groups is 1. The van der Waals surface area contributed by atoms with Crippen LogP contribution in [-0.2, 0) is 19.5 Å². The van der Waals surface area contributed by atoms with Gasteiger partial charge in [-0.05, 0) is 17.7 Å². The summed E-state index contributed by atoms with van der Waals surface area (Å²) in [5.74, 6) is 0.686. The van der Waals surface area contributed by atoms with Crippen molar-refractivity contribution in [2.24, 2.45) is 0 Å². The molecule has 2 aromatic carbocycles. The van der Waals surface area contributed by atoms with E-state index >= 15 is 0 Å². The molecule has 0 saturated carbocycles. The van der Waals surface area contributed by atoms with E-state index in [1.54, 1.807) is 25.3 Å². The number of benzene rings is 2. The van der Waals surface area contributed by atoms with Gasteiger partial charge in [0.05, 0.1) is 25.5 Å². The molecule has 0 spiro atoms. The minimum Gasteiger partial charge on any atom is -0.493 e. The topological polar surface area (TPSA) is 63.7 Å².